The number of ether oxygens (including phenoxy) is 1. The Kier molecular flexibility index (Phi) is 4.12. The number of fused-ring (bicyclic) bond motifs is 1. The Labute approximate surface area is 154 Å². The van der Waals surface area contributed by atoms with Crippen LogP contribution >= 0.6 is 0 Å². The molecule has 0 N–H and O–H groups in total. The van der Waals surface area contributed by atoms with E-state index in [1.165, 1.54) is 11.8 Å². The summed E-state index contributed by atoms with van der Waals surface area (Å²) in [6.07, 6.45) is 4.87. The predicted molar refractivity (Wildman–Crippen MR) is 98.3 cm³/mol. The van der Waals surface area contributed by atoms with Gasteiger partial charge in [0.05, 0.1) is 31.2 Å². The van der Waals surface area contributed by atoms with Crippen molar-refractivity contribution in [2.24, 2.45) is 0 Å². The van der Waals surface area contributed by atoms with E-state index in [-0.39, 0.29) is 11.1 Å². The molecule has 0 unspecified atom stereocenters. The molecule has 7 nitrogen and oxygen atoms in total. The van der Waals surface area contributed by atoms with Crippen LogP contribution < -0.4 is 5.56 Å². The van der Waals surface area contributed by atoms with E-state index in [2.05, 4.69) is 5.10 Å². The van der Waals surface area contributed by atoms with Gasteiger partial charge in [-0.05, 0) is 30.7 Å². The summed E-state index contributed by atoms with van der Waals surface area (Å²) in [7, 11) is 1.30. The van der Waals surface area contributed by atoms with Crippen LogP contribution in [0.3, 0.4) is 0 Å². The summed E-state index contributed by atoms with van der Waals surface area (Å²) in [6.45, 7) is 2.28. The van der Waals surface area contributed by atoms with Gasteiger partial charge in [0.2, 0.25) is 0 Å². The molecule has 0 radical (unpaired) electrons. The summed E-state index contributed by atoms with van der Waals surface area (Å²) in [4.78, 5) is 25.3. The van der Waals surface area contributed by atoms with Crippen molar-refractivity contribution < 1.29 is 13.9 Å². The molecular formula is C20H17N3O4. The quantitative estimate of drug-likeness (QED) is 0.521. The molecule has 0 spiro atoms. The molecule has 1 aromatic heterocycles. The molecular weight excluding hydrogens is 346 g/mol. The Bertz CT molecular complexity index is 1140. The zero-order chi connectivity index (χ0) is 19.0. The molecule has 0 fully saturated rings. The number of carbonyl (C=O) groups excluding carboxylic acids is 1. The normalized spacial score (nSPS) is 11.0. The summed E-state index contributed by atoms with van der Waals surface area (Å²) < 4.78 is 13.3. The Morgan fingerprint density at radius 1 is 1.19 bits per heavy atom. The van der Waals surface area contributed by atoms with Crippen LogP contribution in [0.25, 0.3) is 16.9 Å². The van der Waals surface area contributed by atoms with E-state index in [4.69, 9.17) is 9.15 Å². The van der Waals surface area contributed by atoms with Gasteiger partial charge < -0.3 is 13.7 Å². The third-order valence-electron chi connectivity index (χ3n) is 4.39. The molecule has 0 bridgehead atoms. The number of aryl methyl sites for hydroxylation is 1. The number of aromatic nitrogens is 3. The molecule has 0 amide bonds. The fourth-order valence-corrected chi connectivity index (χ4v) is 3.06. The van der Waals surface area contributed by atoms with Crippen LogP contribution in [-0.4, -0.2) is 27.4 Å². The molecule has 136 valence electrons. The highest BCUT2D eigenvalue weighted by Gasteiger charge is 2.25. The highest BCUT2D eigenvalue weighted by molar-refractivity contribution is 5.96. The SMILES string of the molecule is COC(=O)c1cn(Cc2ccco2)cc2c(=O)n(-c3ccccc3C)nc1-2. The van der Waals surface area contributed by atoms with Crippen LogP contribution in [0.4, 0.5) is 0 Å². The third-order valence-corrected chi connectivity index (χ3v) is 4.39. The van der Waals surface area contributed by atoms with Gasteiger partial charge in [-0.25, -0.2) is 4.79 Å². The number of furan rings is 1. The average Bonchev–Trinajstić information content (AvgIpc) is 3.29. The molecule has 0 saturated carbocycles. The Morgan fingerprint density at radius 3 is 2.70 bits per heavy atom. The molecule has 2 aliphatic heterocycles. The van der Waals surface area contributed by atoms with Crippen molar-refractivity contribution in [2.75, 3.05) is 7.11 Å². The summed E-state index contributed by atoms with van der Waals surface area (Å²) >= 11 is 0. The monoisotopic (exact) mass is 363 g/mol. The van der Waals surface area contributed by atoms with Crippen LogP contribution in [0.5, 0.6) is 0 Å². The molecule has 27 heavy (non-hydrogen) atoms. The number of methoxy groups -OCH3 is 1. The highest BCUT2D eigenvalue weighted by Crippen LogP contribution is 2.24. The average molecular weight is 363 g/mol. The van der Waals surface area contributed by atoms with Crippen molar-refractivity contribution in [1.29, 1.82) is 0 Å². The predicted octanol–water partition coefficient (Wildman–Crippen LogP) is 2.88. The standard InChI is InChI=1S/C20H17N3O4/c1-13-6-3-4-8-17(13)23-19(24)15-11-22(10-14-7-5-9-27-14)12-16(18(15)21-23)20(25)26-2/h3-9,11-12H,10H2,1-2H3. The number of hydrogen-bond donors (Lipinski definition) is 0. The summed E-state index contributed by atoms with van der Waals surface area (Å²) in [5.74, 6) is 0.150. The van der Waals surface area contributed by atoms with Crippen LogP contribution in [0.1, 0.15) is 21.7 Å². The number of para-hydroxylation sites is 1. The second-order valence-electron chi connectivity index (χ2n) is 6.18. The fourth-order valence-electron chi connectivity index (χ4n) is 3.06. The molecule has 7 heteroatoms. The second-order valence-corrected chi connectivity index (χ2v) is 6.18. The molecule has 0 saturated heterocycles. The smallest absolute Gasteiger partial charge is 0.341 e. The molecule has 1 aromatic carbocycles. The van der Waals surface area contributed by atoms with E-state index < -0.39 is 5.97 Å². The minimum Gasteiger partial charge on any atom is -0.467 e. The number of benzene rings is 1. The van der Waals surface area contributed by atoms with Crippen LogP contribution in [-0.2, 0) is 11.3 Å². The van der Waals surface area contributed by atoms with E-state index in [0.29, 0.717) is 29.2 Å². The molecule has 3 heterocycles. The number of carbonyl (C=O) groups is 1. The van der Waals surface area contributed by atoms with Gasteiger partial charge in [0.15, 0.2) is 0 Å². The Balaban J connectivity index is 1.93. The van der Waals surface area contributed by atoms with Gasteiger partial charge in [0.1, 0.15) is 17.0 Å². The minimum atomic E-state index is -0.553. The van der Waals surface area contributed by atoms with Crippen LogP contribution in [0.2, 0.25) is 0 Å². The van der Waals surface area contributed by atoms with Gasteiger partial charge in [0, 0.05) is 12.4 Å². The lowest BCUT2D eigenvalue weighted by Crippen LogP contribution is -2.16. The molecule has 2 aromatic rings. The lowest BCUT2D eigenvalue weighted by atomic mass is 10.1. The minimum absolute atomic E-state index is 0.228. The largest absolute Gasteiger partial charge is 0.467 e. The molecule has 0 aliphatic carbocycles. The van der Waals surface area contributed by atoms with Crippen LogP contribution in [0, 0.1) is 6.92 Å². The number of esters is 1. The molecule has 0 atom stereocenters. The van der Waals surface area contributed by atoms with Gasteiger partial charge in [-0.2, -0.15) is 9.78 Å². The van der Waals surface area contributed by atoms with E-state index in [9.17, 15) is 9.59 Å². The first-order valence-corrected chi connectivity index (χ1v) is 8.38. The van der Waals surface area contributed by atoms with Gasteiger partial charge in [-0.1, -0.05) is 18.2 Å². The highest BCUT2D eigenvalue weighted by atomic mass is 16.5. The first kappa shape index (κ1) is 16.8. The fraction of sp³-hybridized carbons (Fsp3) is 0.150. The first-order chi connectivity index (χ1) is 13.1. The molecule has 2 aliphatic rings. The van der Waals surface area contributed by atoms with Crippen molar-refractivity contribution in [3.8, 4) is 16.9 Å². The van der Waals surface area contributed by atoms with E-state index in [1.54, 1.807) is 29.3 Å². The zero-order valence-corrected chi connectivity index (χ0v) is 14.9. The number of nitrogens with zero attached hydrogens (tertiary/aromatic N) is 3. The van der Waals surface area contributed by atoms with Crippen molar-refractivity contribution >= 4 is 5.97 Å². The number of hydrogen-bond acceptors (Lipinski definition) is 5. The maximum atomic E-state index is 13.0. The summed E-state index contributed by atoms with van der Waals surface area (Å²) in [5.41, 5.74) is 2.17. The van der Waals surface area contributed by atoms with Crippen LogP contribution in [0.15, 0.2) is 64.3 Å². The van der Waals surface area contributed by atoms with Crippen molar-refractivity contribution in [1.82, 2.24) is 14.3 Å². The topological polar surface area (TPSA) is 79.3 Å². The Morgan fingerprint density at radius 2 is 2.00 bits per heavy atom. The lowest BCUT2D eigenvalue weighted by molar-refractivity contribution is 0.0600. The first-order valence-electron chi connectivity index (χ1n) is 8.38. The van der Waals surface area contributed by atoms with Gasteiger partial charge >= 0.3 is 5.97 Å². The maximum absolute atomic E-state index is 13.0. The third kappa shape index (κ3) is 2.93. The molecule has 4 rings (SSSR count). The van der Waals surface area contributed by atoms with Gasteiger partial charge in [-0.15, -0.1) is 0 Å². The Hall–Kier alpha value is -3.61. The van der Waals surface area contributed by atoms with Crippen molar-refractivity contribution in [3.63, 3.8) is 0 Å². The van der Waals surface area contributed by atoms with Crippen molar-refractivity contribution in [3.05, 3.63) is 82.3 Å². The second kappa shape index (κ2) is 6.60. The maximum Gasteiger partial charge on any atom is 0.341 e. The van der Waals surface area contributed by atoms with Gasteiger partial charge in [-0.3, -0.25) is 4.79 Å². The summed E-state index contributed by atoms with van der Waals surface area (Å²) in [6, 6.07) is 11.1. The van der Waals surface area contributed by atoms with E-state index in [0.717, 1.165) is 5.56 Å². The number of pyridine rings is 1. The van der Waals surface area contributed by atoms with Gasteiger partial charge in [0.25, 0.3) is 5.56 Å². The summed E-state index contributed by atoms with van der Waals surface area (Å²) in [5, 5.41) is 4.42. The lowest BCUT2D eigenvalue weighted by Gasteiger charge is -2.10. The number of rotatable bonds is 4. The van der Waals surface area contributed by atoms with Crippen molar-refractivity contribution in [2.45, 2.75) is 13.5 Å². The zero-order valence-electron chi connectivity index (χ0n) is 14.9. The van der Waals surface area contributed by atoms with E-state index in [1.807, 2.05) is 37.3 Å². The van der Waals surface area contributed by atoms with E-state index >= 15 is 0 Å².